The first-order chi connectivity index (χ1) is 14.5. The molecular weight excluding hydrogens is 420 g/mol. The minimum atomic E-state index is -3.81. The average Bonchev–Trinajstić information content (AvgIpc) is 3.27. The van der Waals surface area contributed by atoms with Crippen molar-refractivity contribution in [3.05, 3.63) is 70.9 Å². The Morgan fingerprint density at radius 1 is 1.13 bits per heavy atom. The number of carbonyl (C=O) groups excluding carboxylic acids is 1. The predicted molar refractivity (Wildman–Crippen MR) is 121 cm³/mol. The molecule has 0 unspecified atom stereocenters. The van der Waals surface area contributed by atoms with Crippen LogP contribution in [0.15, 0.2) is 70.3 Å². The van der Waals surface area contributed by atoms with Crippen LogP contribution < -0.4 is 14.4 Å². The Labute approximate surface area is 181 Å². The van der Waals surface area contributed by atoms with E-state index in [1.165, 1.54) is 23.5 Å². The molecule has 0 bridgehead atoms. The first-order valence-electron chi connectivity index (χ1n) is 9.52. The summed E-state index contributed by atoms with van der Waals surface area (Å²) < 4.78 is 33.2. The Morgan fingerprint density at radius 2 is 1.90 bits per heavy atom. The maximum absolute atomic E-state index is 13.3. The topological polar surface area (TPSA) is 75.7 Å². The SMILES string of the molecule is CCN(c1ccccc1)S(=O)(=O)c1ccc(OC)c(NC(=O)CCc2ccsc2)c1. The zero-order valence-corrected chi connectivity index (χ0v) is 18.5. The van der Waals surface area contributed by atoms with Crippen LogP contribution in [-0.4, -0.2) is 28.0 Å². The van der Waals surface area contributed by atoms with Gasteiger partial charge in [-0.2, -0.15) is 11.3 Å². The number of nitrogens with zero attached hydrogens (tertiary/aromatic N) is 1. The number of rotatable bonds is 9. The molecule has 0 aliphatic heterocycles. The molecule has 158 valence electrons. The van der Waals surface area contributed by atoms with Crippen molar-refractivity contribution in [2.75, 3.05) is 23.3 Å². The van der Waals surface area contributed by atoms with Crippen LogP contribution in [0, 0.1) is 0 Å². The first kappa shape index (κ1) is 21.9. The van der Waals surface area contributed by atoms with Gasteiger partial charge in [-0.1, -0.05) is 18.2 Å². The highest BCUT2D eigenvalue weighted by atomic mass is 32.2. The van der Waals surface area contributed by atoms with E-state index in [-0.39, 0.29) is 17.3 Å². The third-order valence-corrected chi connectivity index (χ3v) is 7.22. The molecule has 30 heavy (non-hydrogen) atoms. The number of hydrogen-bond acceptors (Lipinski definition) is 5. The number of anilines is 2. The van der Waals surface area contributed by atoms with E-state index in [4.69, 9.17) is 4.74 Å². The van der Waals surface area contributed by atoms with Crippen LogP contribution in [0.5, 0.6) is 5.75 Å². The van der Waals surface area contributed by atoms with Gasteiger partial charge in [0.15, 0.2) is 0 Å². The highest BCUT2D eigenvalue weighted by Crippen LogP contribution is 2.31. The lowest BCUT2D eigenvalue weighted by molar-refractivity contribution is -0.116. The molecule has 0 radical (unpaired) electrons. The molecule has 0 atom stereocenters. The summed E-state index contributed by atoms with van der Waals surface area (Å²) in [6.07, 6.45) is 0.912. The van der Waals surface area contributed by atoms with Gasteiger partial charge in [0.1, 0.15) is 5.75 Å². The minimum absolute atomic E-state index is 0.0853. The largest absolute Gasteiger partial charge is 0.495 e. The van der Waals surface area contributed by atoms with Crippen LogP contribution >= 0.6 is 11.3 Å². The molecule has 1 amide bonds. The number of hydrogen-bond donors (Lipinski definition) is 1. The lowest BCUT2D eigenvalue weighted by Gasteiger charge is -2.23. The molecule has 6 nitrogen and oxygen atoms in total. The summed E-state index contributed by atoms with van der Waals surface area (Å²) in [4.78, 5) is 12.5. The summed E-state index contributed by atoms with van der Waals surface area (Å²) in [6, 6.07) is 15.4. The van der Waals surface area contributed by atoms with E-state index in [1.807, 2.05) is 22.9 Å². The van der Waals surface area contributed by atoms with Crippen molar-refractivity contribution in [2.45, 2.75) is 24.7 Å². The number of aryl methyl sites for hydroxylation is 1. The Kier molecular flexibility index (Phi) is 7.12. The van der Waals surface area contributed by atoms with Crippen molar-refractivity contribution < 1.29 is 17.9 Å². The smallest absolute Gasteiger partial charge is 0.264 e. The summed E-state index contributed by atoms with van der Waals surface area (Å²) >= 11 is 1.59. The van der Waals surface area contributed by atoms with Gasteiger partial charge >= 0.3 is 0 Å². The second-order valence-corrected chi connectivity index (χ2v) is 9.19. The number of nitrogens with one attached hydrogen (secondary N) is 1. The van der Waals surface area contributed by atoms with Crippen LogP contribution in [0.1, 0.15) is 18.9 Å². The summed E-state index contributed by atoms with van der Waals surface area (Å²) in [5.74, 6) is 0.199. The fourth-order valence-corrected chi connectivity index (χ4v) is 5.27. The van der Waals surface area contributed by atoms with Crippen LogP contribution in [-0.2, 0) is 21.2 Å². The van der Waals surface area contributed by atoms with Crippen molar-refractivity contribution in [1.82, 2.24) is 0 Å². The lowest BCUT2D eigenvalue weighted by Crippen LogP contribution is -2.30. The van der Waals surface area contributed by atoms with Gasteiger partial charge in [0.2, 0.25) is 5.91 Å². The van der Waals surface area contributed by atoms with Crippen LogP contribution in [0.25, 0.3) is 0 Å². The Balaban J connectivity index is 1.84. The maximum Gasteiger partial charge on any atom is 0.264 e. The van der Waals surface area contributed by atoms with Crippen LogP contribution in [0.3, 0.4) is 0 Å². The van der Waals surface area contributed by atoms with E-state index in [0.717, 1.165) is 5.56 Å². The van der Waals surface area contributed by atoms with Crippen LogP contribution in [0.4, 0.5) is 11.4 Å². The van der Waals surface area contributed by atoms with E-state index in [2.05, 4.69) is 5.32 Å². The van der Waals surface area contributed by atoms with Gasteiger partial charge in [0, 0.05) is 13.0 Å². The summed E-state index contributed by atoms with van der Waals surface area (Å²) in [7, 11) is -2.33. The fraction of sp³-hybridized carbons (Fsp3) is 0.227. The van der Waals surface area contributed by atoms with Gasteiger partial charge in [-0.15, -0.1) is 0 Å². The number of sulfonamides is 1. The number of benzene rings is 2. The molecule has 0 saturated carbocycles. The van der Waals surface area contributed by atoms with Gasteiger partial charge in [0.05, 0.1) is 23.4 Å². The fourth-order valence-electron chi connectivity index (χ4n) is 3.06. The third kappa shape index (κ3) is 5.01. The second-order valence-electron chi connectivity index (χ2n) is 6.55. The van der Waals surface area contributed by atoms with Crippen molar-refractivity contribution >= 4 is 38.6 Å². The van der Waals surface area contributed by atoms with E-state index < -0.39 is 10.0 Å². The molecule has 0 spiro atoms. The number of para-hydroxylation sites is 1. The standard InChI is InChI=1S/C22H24N2O4S2/c1-3-24(18-7-5-4-6-8-18)30(26,27)19-10-11-21(28-2)20(15-19)23-22(25)12-9-17-13-14-29-16-17/h4-8,10-11,13-16H,3,9,12H2,1-2H3,(H,23,25). The van der Waals surface area contributed by atoms with Gasteiger partial charge in [0.25, 0.3) is 10.0 Å². The normalized spacial score (nSPS) is 11.1. The summed E-state index contributed by atoms with van der Waals surface area (Å²) in [6.45, 7) is 2.06. The molecule has 0 fully saturated rings. The number of ether oxygens (including phenoxy) is 1. The summed E-state index contributed by atoms with van der Waals surface area (Å²) in [5.41, 5.74) is 2.01. The molecule has 0 aliphatic carbocycles. The van der Waals surface area contributed by atoms with Gasteiger partial charge in [-0.05, 0) is 66.1 Å². The van der Waals surface area contributed by atoms with Gasteiger partial charge < -0.3 is 10.1 Å². The van der Waals surface area contributed by atoms with Crippen molar-refractivity contribution in [1.29, 1.82) is 0 Å². The molecule has 1 N–H and O–H groups in total. The molecule has 0 aliphatic rings. The van der Waals surface area contributed by atoms with E-state index in [0.29, 0.717) is 30.0 Å². The highest BCUT2D eigenvalue weighted by molar-refractivity contribution is 7.92. The molecule has 1 heterocycles. The lowest BCUT2D eigenvalue weighted by atomic mass is 10.2. The highest BCUT2D eigenvalue weighted by Gasteiger charge is 2.25. The Bertz CT molecular complexity index is 1080. The number of carbonyl (C=O) groups is 1. The molecule has 3 aromatic rings. The van der Waals surface area contributed by atoms with E-state index in [1.54, 1.807) is 48.6 Å². The zero-order chi connectivity index (χ0) is 21.6. The number of amides is 1. The molecule has 8 heteroatoms. The second kappa shape index (κ2) is 9.77. The van der Waals surface area contributed by atoms with Gasteiger partial charge in [-0.3, -0.25) is 9.10 Å². The first-order valence-corrected chi connectivity index (χ1v) is 11.9. The molecule has 0 saturated heterocycles. The Hall–Kier alpha value is -2.84. The monoisotopic (exact) mass is 444 g/mol. The third-order valence-electron chi connectivity index (χ3n) is 4.59. The van der Waals surface area contributed by atoms with Crippen molar-refractivity contribution in [3.63, 3.8) is 0 Å². The zero-order valence-electron chi connectivity index (χ0n) is 16.9. The minimum Gasteiger partial charge on any atom is -0.495 e. The quantitative estimate of drug-likeness (QED) is 0.526. The summed E-state index contributed by atoms with van der Waals surface area (Å²) in [5, 5.41) is 6.76. The molecule has 3 rings (SSSR count). The number of methoxy groups -OCH3 is 1. The van der Waals surface area contributed by atoms with E-state index >= 15 is 0 Å². The average molecular weight is 445 g/mol. The molecule has 2 aromatic carbocycles. The van der Waals surface area contributed by atoms with Gasteiger partial charge in [-0.25, -0.2) is 8.42 Å². The maximum atomic E-state index is 13.3. The predicted octanol–water partition coefficient (Wildman–Crippen LogP) is 4.54. The van der Waals surface area contributed by atoms with Crippen molar-refractivity contribution in [3.8, 4) is 5.75 Å². The molecule has 1 aromatic heterocycles. The van der Waals surface area contributed by atoms with E-state index in [9.17, 15) is 13.2 Å². The Morgan fingerprint density at radius 3 is 2.53 bits per heavy atom. The van der Waals surface area contributed by atoms with Crippen molar-refractivity contribution in [2.24, 2.45) is 0 Å². The molecular formula is C22H24N2O4S2. The number of thiophene rings is 1. The van der Waals surface area contributed by atoms with Crippen LogP contribution in [0.2, 0.25) is 0 Å².